The number of nitrogens with zero attached hydrogens (tertiary/aromatic N) is 3. The van der Waals surface area contributed by atoms with E-state index in [2.05, 4.69) is 135 Å². The van der Waals surface area contributed by atoms with Crippen LogP contribution in [0.1, 0.15) is 62.6 Å². The number of nitro groups is 1. The van der Waals surface area contributed by atoms with Gasteiger partial charge in [0.2, 0.25) is 5.69 Å². The Morgan fingerprint density at radius 2 is 1.69 bits per heavy atom. The zero-order valence-corrected chi connectivity index (χ0v) is 28.4. The zero-order chi connectivity index (χ0) is 33.5. The number of allylic oxidation sites excluding steroid dienone is 8. The molecule has 0 aromatic heterocycles. The first-order valence-corrected chi connectivity index (χ1v) is 17.1. The molecule has 4 aromatic rings. The highest BCUT2D eigenvalue weighted by Gasteiger charge is 2.48. The molecule has 0 radical (unpaired) electrons. The molecule has 48 heavy (non-hydrogen) atoms. The number of anilines is 1. The van der Waals surface area contributed by atoms with Crippen LogP contribution >= 0.6 is 0 Å². The number of benzene rings is 4. The molecule has 3 aliphatic rings. The third-order valence-electron chi connectivity index (χ3n) is 10.9. The van der Waals surface area contributed by atoms with Gasteiger partial charge in [-0.3, -0.25) is 10.1 Å². The lowest BCUT2D eigenvalue weighted by molar-refractivity contribution is -0.401. The summed E-state index contributed by atoms with van der Waals surface area (Å²) in [4.78, 5) is 13.6. The summed E-state index contributed by atoms with van der Waals surface area (Å²) in [5, 5.41) is 14.4. The van der Waals surface area contributed by atoms with Gasteiger partial charge in [0, 0.05) is 53.7 Å². The van der Waals surface area contributed by atoms with Crippen molar-refractivity contribution in [2.75, 3.05) is 19.0 Å². The van der Waals surface area contributed by atoms with Crippen molar-refractivity contribution < 1.29 is 9.50 Å². The standard InChI is InChI=1S/C43H44N3O2/c1-42(29-31-16-8-5-9-17-31)36-28-34(46(47)48)25-27-37(36)44(3)39(42)22-12-7-13-23-40-43(2,30-32-18-10-6-11-19-32)41-35-21-15-14-20-33(35)24-26-38(41)45(40)4/h5,7-9,12-18,20-28H,6,10-11,19,29-30H2,1-4H3/q+1. The number of hydrogen-bond donors (Lipinski definition) is 0. The van der Waals surface area contributed by atoms with Gasteiger partial charge < -0.3 is 4.90 Å². The second kappa shape index (κ2) is 12.5. The molecule has 0 saturated carbocycles. The van der Waals surface area contributed by atoms with Gasteiger partial charge in [0.05, 0.1) is 10.3 Å². The van der Waals surface area contributed by atoms with Gasteiger partial charge in [-0.15, -0.1) is 0 Å². The number of likely N-dealkylation sites (N-methyl/N-ethyl adjacent to an activating group) is 1. The molecule has 0 saturated heterocycles. The minimum atomic E-state index is -0.430. The second-order valence-corrected chi connectivity index (χ2v) is 14.1. The number of fused-ring (bicyclic) bond motifs is 4. The van der Waals surface area contributed by atoms with E-state index in [1.165, 1.54) is 59.0 Å². The fourth-order valence-corrected chi connectivity index (χ4v) is 8.59. The Bertz CT molecular complexity index is 2070. The van der Waals surface area contributed by atoms with Crippen molar-refractivity contribution in [3.63, 3.8) is 0 Å². The SMILES string of the molecule is CN1/C(=C/C=C/C=C/C2=[N+](C)c3ccc4ccccc4c3C2(C)CC2=CCCCC2)C(C)(Cc2ccccc2)c2cc([N+](=O)[O-])ccc21. The van der Waals surface area contributed by atoms with E-state index in [-0.39, 0.29) is 16.0 Å². The van der Waals surface area contributed by atoms with E-state index in [1.807, 2.05) is 12.1 Å². The molecule has 5 nitrogen and oxygen atoms in total. The summed E-state index contributed by atoms with van der Waals surface area (Å²) in [7, 11) is 4.27. The first kappa shape index (κ1) is 31.6. The third-order valence-corrected chi connectivity index (χ3v) is 10.9. The van der Waals surface area contributed by atoms with Crippen LogP contribution in [0.15, 0.2) is 133 Å². The number of rotatable bonds is 8. The molecule has 0 fully saturated rings. The summed E-state index contributed by atoms with van der Waals surface area (Å²) in [5.74, 6) is 0. The smallest absolute Gasteiger partial charge is 0.269 e. The Hall–Kier alpha value is -5.03. The molecule has 1 aliphatic carbocycles. The van der Waals surface area contributed by atoms with Crippen LogP contribution in [0.4, 0.5) is 17.1 Å². The number of non-ortho nitro benzene ring substituents is 1. The maximum Gasteiger partial charge on any atom is 0.269 e. The fourth-order valence-electron chi connectivity index (χ4n) is 8.59. The Labute approximate surface area is 284 Å². The zero-order valence-electron chi connectivity index (χ0n) is 28.4. The molecule has 2 atom stereocenters. The summed E-state index contributed by atoms with van der Waals surface area (Å²) in [6.45, 7) is 4.64. The molecule has 0 bridgehead atoms. The van der Waals surface area contributed by atoms with Crippen molar-refractivity contribution in [1.29, 1.82) is 0 Å². The van der Waals surface area contributed by atoms with Crippen molar-refractivity contribution in [1.82, 2.24) is 0 Å². The minimum absolute atomic E-state index is 0.125. The molecule has 4 aromatic carbocycles. The van der Waals surface area contributed by atoms with E-state index in [9.17, 15) is 10.1 Å². The van der Waals surface area contributed by atoms with Gasteiger partial charge in [-0.2, -0.15) is 4.58 Å². The molecular weight excluding hydrogens is 590 g/mol. The topological polar surface area (TPSA) is 49.4 Å². The van der Waals surface area contributed by atoms with Gasteiger partial charge in [0.15, 0.2) is 5.71 Å². The fraction of sp³-hybridized carbons (Fsp3) is 0.279. The van der Waals surface area contributed by atoms with Gasteiger partial charge >= 0.3 is 0 Å². The highest BCUT2D eigenvalue weighted by Crippen LogP contribution is 2.50. The summed E-state index contributed by atoms with van der Waals surface area (Å²) >= 11 is 0. The van der Waals surface area contributed by atoms with Crippen LogP contribution in [0.5, 0.6) is 0 Å². The number of nitro benzene ring substituents is 1. The van der Waals surface area contributed by atoms with Crippen LogP contribution in [-0.2, 0) is 17.3 Å². The molecule has 0 N–H and O–H groups in total. The Morgan fingerprint density at radius 3 is 2.46 bits per heavy atom. The van der Waals surface area contributed by atoms with Gasteiger partial charge in [0.1, 0.15) is 7.05 Å². The lowest BCUT2D eigenvalue weighted by atomic mass is 9.71. The van der Waals surface area contributed by atoms with E-state index in [4.69, 9.17) is 0 Å². The van der Waals surface area contributed by atoms with Crippen molar-refractivity contribution in [2.24, 2.45) is 0 Å². The Morgan fingerprint density at radius 1 is 0.896 bits per heavy atom. The van der Waals surface area contributed by atoms with Crippen molar-refractivity contribution >= 4 is 33.5 Å². The summed E-state index contributed by atoms with van der Waals surface area (Å²) in [6, 6.07) is 29.0. The second-order valence-electron chi connectivity index (χ2n) is 14.1. The van der Waals surface area contributed by atoms with Crippen molar-refractivity contribution in [3.05, 3.63) is 159 Å². The Kier molecular flexibility index (Phi) is 8.24. The maximum absolute atomic E-state index is 11.8. The minimum Gasteiger partial charge on any atom is -0.347 e. The summed E-state index contributed by atoms with van der Waals surface area (Å²) in [5.41, 5.74) is 9.46. The Balaban J connectivity index is 1.24. The van der Waals surface area contributed by atoms with E-state index in [0.29, 0.717) is 0 Å². The predicted molar refractivity (Wildman–Crippen MR) is 199 cm³/mol. The first-order chi connectivity index (χ1) is 23.2. The molecule has 2 aliphatic heterocycles. The third kappa shape index (κ3) is 5.41. The molecule has 0 amide bonds. The lowest BCUT2D eigenvalue weighted by Gasteiger charge is -2.29. The van der Waals surface area contributed by atoms with E-state index < -0.39 is 5.41 Å². The van der Waals surface area contributed by atoms with Gasteiger partial charge in [-0.1, -0.05) is 84.5 Å². The maximum atomic E-state index is 11.8. The molecule has 242 valence electrons. The molecule has 5 heteroatoms. The molecular formula is C43H44N3O2+. The van der Waals surface area contributed by atoms with Crippen LogP contribution in [-0.4, -0.2) is 29.3 Å². The van der Waals surface area contributed by atoms with Crippen LogP contribution in [0.2, 0.25) is 0 Å². The van der Waals surface area contributed by atoms with Crippen LogP contribution < -0.4 is 4.90 Å². The molecule has 7 rings (SSSR count). The van der Waals surface area contributed by atoms with E-state index in [1.54, 1.807) is 17.7 Å². The average Bonchev–Trinajstić information content (AvgIpc) is 3.43. The summed E-state index contributed by atoms with van der Waals surface area (Å²) in [6.07, 6.45) is 20.1. The first-order valence-electron chi connectivity index (χ1n) is 17.1. The van der Waals surface area contributed by atoms with Gasteiger partial charge in [0.25, 0.3) is 5.69 Å². The largest absolute Gasteiger partial charge is 0.347 e. The van der Waals surface area contributed by atoms with Crippen molar-refractivity contribution in [2.45, 2.75) is 63.2 Å². The molecule has 2 unspecified atom stereocenters. The van der Waals surface area contributed by atoms with Crippen LogP contribution in [0, 0.1) is 10.1 Å². The number of hydrogen-bond acceptors (Lipinski definition) is 3. The lowest BCUT2D eigenvalue weighted by Crippen LogP contribution is -2.31. The quantitative estimate of drug-likeness (QED) is 0.0637. The van der Waals surface area contributed by atoms with Crippen molar-refractivity contribution in [3.8, 4) is 0 Å². The highest BCUT2D eigenvalue weighted by molar-refractivity contribution is 6.08. The highest BCUT2D eigenvalue weighted by atomic mass is 16.6. The van der Waals surface area contributed by atoms with Gasteiger partial charge in [-0.05, 0) is 92.5 Å². The monoisotopic (exact) mass is 634 g/mol. The normalized spacial score (nSPS) is 23.0. The molecule has 0 spiro atoms. The predicted octanol–water partition coefficient (Wildman–Crippen LogP) is 10.3. The molecule has 2 heterocycles. The van der Waals surface area contributed by atoms with Gasteiger partial charge in [-0.25, -0.2) is 0 Å². The van der Waals surface area contributed by atoms with Crippen LogP contribution in [0.3, 0.4) is 0 Å². The van der Waals surface area contributed by atoms with E-state index >= 15 is 0 Å². The average molecular weight is 635 g/mol. The van der Waals surface area contributed by atoms with Crippen LogP contribution in [0.25, 0.3) is 10.8 Å². The van der Waals surface area contributed by atoms with E-state index in [0.717, 1.165) is 29.8 Å². The summed E-state index contributed by atoms with van der Waals surface area (Å²) < 4.78 is 2.39.